The van der Waals surface area contributed by atoms with Crippen molar-refractivity contribution >= 4 is 0 Å². The lowest BCUT2D eigenvalue weighted by Crippen LogP contribution is -2.44. The molecule has 2 aliphatic heterocycles. The highest BCUT2D eigenvalue weighted by Crippen LogP contribution is 2.38. The fraction of sp³-hybridized carbons (Fsp3) is 0.600. The molecule has 0 aromatic rings. The van der Waals surface area contributed by atoms with Gasteiger partial charge in [-0.2, -0.15) is 0 Å². The summed E-state index contributed by atoms with van der Waals surface area (Å²) < 4.78 is 16.1. The summed E-state index contributed by atoms with van der Waals surface area (Å²) in [7, 11) is 0. The topological polar surface area (TPSA) is 27.7 Å². The maximum atomic E-state index is 5.63. The summed E-state index contributed by atoms with van der Waals surface area (Å²) in [6, 6.07) is 0. The van der Waals surface area contributed by atoms with E-state index < -0.39 is 0 Å². The lowest BCUT2D eigenvalue weighted by molar-refractivity contribution is -0.166. The summed E-state index contributed by atoms with van der Waals surface area (Å²) in [5.74, 6) is 0.660. The minimum Gasteiger partial charge on any atom is -0.468 e. The lowest BCUT2D eigenvalue weighted by Gasteiger charge is -2.42. The summed E-state index contributed by atoms with van der Waals surface area (Å²) in [5.41, 5.74) is 0.621. The first kappa shape index (κ1) is 8.78. The summed E-state index contributed by atoms with van der Waals surface area (Å²) in [6.07, 6.45) is 1.71. The van der Waals surface area contributed by atoms with Crippen molar-refractivity contribution in [3.63, 3.8) is 0 Å². The van der Waals surface area contributed by atoms with Gasteiger partial charge in [-0.3, -0.25) is 0 Å². The highest BCUT2D eigenvalue weighted by molar-refractivity contribution is 5.31. The second-order valence-electron chi connectivity index (χ2n) is 3.41. The Kier molecular flexibility index (Phi) is 2.14. The molecule has 2 fully saturated rings. The van der Waals surface area contributed by atoms with E-state index in [4.69, 9.17) is 14.2 Å². The molecule has 0 unspecified atom stereocenters. The predicted octanol–water partition coefficient (Wildman–Crippen LogP) is 1.61. The van der Waals surface area contributed by atoms with Gasteiger partial charge in [0, 0.05) is 31.6 Å². The van der Waals surface area contributed by atoms with E-state index in [1.807, 2.05) is 0 Å². The van der Waals surface area contributed by atoms with Crippen LogP contribution in [0.2, 0.25) is 0 Å². The third-order valence-corrected chi connectivity index (χ3v) is 2.76. The van der Waals surface area contributed by atoms with E-state index in [1.54, 1.807) is 0 Å². The van der Waals surface area contributed by atoms with Crippen LogP contribution in [0.15, 0.2) is 24.5 Å². The summed E-state index contributed by atoms with van der Waals surface area (Å²) in [6.45, 7) is 9.52. The average Bonchev–Trinajstić information content (AvgIpc) is 2.16. The zero-order valence-corrected chi connectivity index (χ0v) is 7.67. The Morgan fingerprint density at radius 2 is 1.85 bits per heavy atom. The van der Waals surface area contributed by atoms with Crippen LogP contribution in [0.3, 0.4) is 0 Å². The van der Waals surface area contributed by atoms with Crippen molar-refractivity contribution in [1.82, 2.24) is 0 Å². The van der Waals surface area contributed by atoms with E-state index in [9.17, 15) is 0 Å². The molecular weight excluding hydrogens is 168 g/mol. The van der Waals surface area contributed by atoms with Gasteiger partial charge in [0.1, 0.15) is 11.4 Å². The fourth-order valence-electron chi connectivity index (χ4n) is 1.79. The Hall–Kier alpha value is -0.800. The first-order valence-electron chi connectivity index (χ1n) is 4.48. The minimum atomic E-state index is -0.256. The highest BCUT2D eigenvalue weighted by atomic mass is 16.7. The first-order valence-corrected chi connectivity index (χ1v) is 4.48. The Bertz CT molecular complexity index is 233. The number of hydrogen-bond acceptors (Lipinski definition) is 3. The number of rotatable bonds is 0. The van der Waals surface area contributed by atoms with E-state index in [2.05, 4.69) is 13.2 Å². The molecule has 2 rings (SSSR count). The Morgan fingerprint density at radius 3 is 2.54 bits per heavy atom. The molecule has 2 aliphatic rings. The van der Waals surface area contributed by atoms with Crippen molar-refractivity contribution in [2.45, 2.75) is 18.4 Å². The number of hydrogen-bond donors (Lipinski definition) is 0. The van der Waals surface area contributed by atoms with E-state index in [0.717, 1.165) is 31.6 Å². The average molecular weight is 182 g/mol. The molecule has 0 bridgehead atoms. The van der Waals surface area contributed by atoms with Gasteiger partial charge in [-0.15, -0.1) is 0 Å². The minimum absolute atomic E-state index is 0.256. The Labute approximate surface area is 78.0 Å². The van der Waals surface area contributed by atoms with Crippen LogP contribution in [0.5, 0.6) is 0 Å². The van der Waals surface area contributed by atoms with E-state index in [-0.39, 0.29) is 12.4 Å². The van der Waals surface area contributed by atoms with Gasteiger partial charge < -0.3 is 14.2 Å². The van der Waals surface area contributed by atoms with Gasteiger partial charge in [0.2, 0.25) is 0 Å². The molecule has 3 nitrogen and oxygen atoms in total. The largest absolute Gasteiger partial charge is 0.468 e. The molecule has 3 heteroatoms. The molecule has 2 saturated heterocycles. The summed E-state index contributed by atoms with van der Waals surface area (Å²) in [5, 5.41) is 0. The maximum Gasteiger partial charge on any atom is 0.190 e. The van der Waals surface area contributed by atoms with E-state index >= 15 is 0 Å². The van der Waals surface area contributed by atoms with Crippen LogP contribution >= 0.6 is 0 Å². The molecule has 13 heavy (non-hydrogen) atoms. The Balaban J connectivity index is 2.18. The van der Waals surface area contributed by atoms with Crippen LogP contribution in [0, 0.1) is 0 Å². The third kappa shape index (κ3) is 1.38. The van der Waals surface area contributed by atoms with E-state index in [1.165, 1.54) is 0 Å². The van der Waals surface area contributed by atoms with Crippen LogP contribution in [0.25, 0.3) is 0 Å². The monoisotopic (exact) mass is 182 g/mol. The molecule has 2 heterocycles. The molecule has 1 spiro atoms. The SMILES string of the molecule is C=C1OCOC2(CCOCC2)C1=C. The molecule has 72 valence electrons. The Morgan fingerprint density at radius 1 is 1.15 bits per heavy atom. The quantitative estimate of drug-likeness (QED) is 0.569. The van der Waals surface area contributed by atoms with Crippen molar-refractivity contribution in [2.75, 3.05) is 20.0 Å². The molecule has 0 saturated carbocycles. The highest BCUT2D eigenvalue weighted by Gasteiger charge is 2.40. The fourth-order valence-corrected chi connectivity index (χ4v) is 1.79. The normalized spacial score (nSPS) is 27.4. The standard InChI is InChI=1S/C10H14O3/c1-8-9(2)12-7-13-10(8)3-5-11-6-4-10/h1-7H2. The molecule has 0 radical (unpaired) electrons. The van der Waals surface area contributed by atoms with Crippen molar-refractivity contribution in [3.05, 3.63) is 24.5 Å². The first-order chi connectivity index (χ1) is 6.25. The van der Waals surface area contributed by atoms with Gasteiger partial charge in [-0.25, -0.2) is 0 Å². The van der Waals surface area contributed by atoms with Crippen molar-refractivity contribution in [3.8, 4) is 0 Å². The zero-order valence-electron chi connectivity index (χ0n) is 7.67. The van der Waals surface area contributed by atoms with Crippen LogP contribution in [-0.2, 0) is 14.2 Å². The predicted molar refractivity (Wildman–Crippen MR) is 48.1 cm³/mol. The van der Waals surface area contributed by atoms with Gasteiger partial charge in [-0.05, 0) is 0 Å². The van der Waals surface area contributed by atoms with Crippen LogP contribution in [0.4, 0.5) is 0 Å². The zero-order chi connectivity index (χ0) is 9.31. The number of ether oxygens (including phenoxy) is 3. The van der Waals surface area contributed by atoms with Gasteiger partial charge >= 0.3 is 0 Å². The van der Waals surface area contributed by atoms with Crippen LogP contribution in [0.1, 0.15) is 12.8 Å². The molecule has 0 amide bonds. The van der Waals surface area contributed by atoms with Crippen molar-refractivity contribution < 1.29 is 14.2 Å². The lowest BCUT2D eigenvalue weighted by atomic mass is 9.85. The second-order valence-corrected chi connectivity index (χ2v) is 3.41. The molecular formula is C10H14O3. The third-order valence-electron chi connectivity index (χ3n) is 2.76. The molecule has 0 N–H and O–H groups in total. The van der Waals surface area contributed by atoms with Crippen molar-refractivity contribution in [1.29, 1.82) is 0 Å². The van der Waals surface area contributed by atoms with E-state index in [0.29, 0.717) is 5.76 Å². The van der Waals surface area contributed by atoms with Crippen LogP contribution in [-0.4, -0.2) is 25.6 Å². The van der Waals surface area contributed by atoms with Gasteiger partial charge in [-0.1, -0.05) is 13.2 Å². The van der Waals surface area contributed by atoms with Gasteiger partial charge in [0.15, 0.2) is 6.79 Å². The van der Waals surface area contributed by atoms with Crippen LogP contribution < -0.4 is 0 Å². The molecule has 0 aliphatic carbocycles. The summed E-state index contributed by atoms with van der Waals surface area (Å²) >= 11 is 0. The smallest absolute Gasteiger partial charge is 0.190 e. The van der Waals surface area contributed by atoms with Crippen molar-refractivity contribution in [2.24, 2.45) is 0 Å². The molecule has 0 aromatic heterocycles. The molecule has 0 aromatic carbocycles. The maximum absolute atomic E-state index is 5.63. The van der Waals surface area contributed by atoms with Gasteiger partial charge in [0.05, 0.1) is 0 Å². The molecule has 0 atom stereocenters. The van der Waals surface area contributed by atoms with Gasteiger partial charge in [0.25, 0.3) is 0 Å². The second kappa shape index (κ2) is 3.16. The summed E-state index contributed by atoms with van der Waals surface area (Å²) in [4.78, 5) is 0.